The van der Waals surface area contributed by atoms with E-state index in [0.29, 0.717) is 6.79 Å². The Balaban J connectivity index is 2.29. The van der Waals surface area contributed by atoms with Crippen molar-refractivity contribution in [2.45, 2.75) is 19.6 Å². The molecule has 1 aromatic carbocycles. The van der Waals surface area contributed by atoms with Crippen LogP contribution in [0.3, 0.4) is 0 Å². The number of benzene rings is 1. The molecule has 0 bridgehead atoms. The van der Waals surface area contributed by atoms with Crippen LogP contribution in [0.1, 0.15) is 0 Å². The molecule has 0 unspecified atom stereocenters. The fourth-order valence-corrected chi connectivity index (χ4v) is 1.20. The molecule has 0 aliphatic heterocycles. The maximum Gasteiger partial charge on any atom is 0.188 e. The Hall–Kier alpha value is -0.803. The van der Waals surface area contributed by atoms with E-state index in [1.165, 1.54) is 0 Å². The smallest absolute Gasteiger partial charge is 0.188 e. The Bertz CT molecular complexity index is 241. The Morgan fingerprint density at radius 2 is 1.69 bits per heavy atom. The SMILES string of the molecule is C[Si](C)(C)OCOc1ccccc1. The molecule has 0 saturated carbocycles. The van der Waals surface area contributed by atoms with Gasteiger partial charge in [-0.2, -0.15) is 0 Å². The molecule has 0 fully saturated rings. The molecule has 13 heavy (non-hydrogen) atoms. The summed E-state index contributed by atoms with van der Waals surface area (Å²) >= 11 is 0. The number of para-hydroxylation sites is 1. The molecule has 0 N–H and O–H groups in total. The van der Waals surface area contributed by atoms with Gasteiger partial charge in [0.1, 0.15) is 5.75 Å². The third-order valence-electron chi connectivity index (χ3n) is 1.46. The average Bonchev–Trinajstić information content (AvgIpc) is 2.04. The second kappa shape index (κ2) is 4.44. The first-order valence-corrected chi connectivity index (χ1v) is 7.80. The maximum absolute atomic E-state index is 5.55. The van der Waals surface area contributed by atoms with Crippen molar-refractivity contribution >= 4 is 8.32 Å². The van der Waals surface area contributed by atoms with E-state index in [0.717, 1.165) is 5.75 Å². The lowest BCUT2D eigenvalue weighted by molar-refractivity contribution is 0.114. The van der Waals surface area contributed by atoms with Crippen molar-refractivity contribution in [1.29, 1.82) is 0 Å². The van der Waals surface area contributed by atoms with Crippen LogP contribution in [0.25, 0.3) is 0 Å². The zero-order chi connectivity index (χ0) is 9.73. The highest BCUT2D eigenvalue weighted by molar-refractivity contribution is 6.69. The summed E-state index contributed by atoms with van der Waals surface area (Å²) in [5.74, 6) is 0.862. The highest BCUT2D eigenvalue weighted by Gasteiger charge is 2.13. The third kappa shape index (κ3) is 4.70. The minimum atomic E-state index is -1.44. The van der Waals surface area contributed by atoms with Crippen LogP contribution < -0.4 is 4.74 Å². The fourth-order valence-electron chi connectivity index (χ4n) is 0.791. The maximum atomic E-state index is 5.55. The van der Waals surface area contributed by atoms with Crippen molar-refractivity contribution in [2.24, 2.45) is 0 Å². The highest BCUT2D eigenvalue weighted by atomic mass is 28.4. The zero-order valence-electron chi connectivity index (χ0n) is 8.41. The summed E-state index contributed by atoms with van der Waals surface area (Å²) in [6.45, 7) is 6.78. The van der Waals surface area contributed by atoms with E-state index < -0.39 is 8.32 Å². The molecule has 0 aromatic heterocycles. The molecule has 0 spiro atoms. The Labute approximate surface area is 80.6 Å². The standard InChI is InChI=1S/C10H16O2Si/c1-13(2,3)12-9-11-10-7-5-4-6-8-10/h4-8H,9H2,1-3H3. The van der Waals surface area contributed by atoms with Crippen molar-refractivity contribution in [2.75, 3.05) is 6.79 Å². The summed E-state index contributed by atoms with van der Waals surface area (Å²) in [6.07, 6.45) is 0. The van der Waals surface area contributed by atoms with Crippen LogP contribution in [-0.4, -0.2) is 15.1 Å². The molecular formula is C10H16O2Si. The second-order valence-electron chi connectivity index (χ2n) is 3.83. The molecular weight excluding hydrogens is 180 g/mol. The Morgan fingerprint density at radius 1 is 1.08 bits per heavy atom. The van der Waals surface area contributed by atoms with E-state index in [4.69, 9.17) is 9.16 Å². The first-order chi connectivity index (χ1) is 6.08. The van der Waals surface area contributed by atoms with Crippen LogP contribution in [-0.2, 0) is 4.43 Å². The summed E-state index contributed by atoms with van der Waals surface area (Å²) < 4.78 is 10.9. The van der Waals surface area contributed by atoms with Crippen LogP contribution in [0.15, 0.2) is 30.3 Å². The summed E-state index contributed by atoms with van der Waals surface area (Å²) in [4.78, 5) is 0. The van der Waals surface area contributed by atoms with Gasteiger partial charge in [-0.05, 0) is 31.8 Å². The molecule has 0 amide bonds. The van der Waals surface area contributed by atoms with Gasteiger partial charge in [0, 0.05) is 0 Å². The quantitative estimate of drug-likeness (QED) is 0.544. The van der Waals surface area contributed by atoms with Gasteiger partial charge < -0.3 is 9.16 Å². The van der Waals surface area contributed by atoms with E-state index in [1.807, 2.05) is 30.3 Å². The molecule has 3 heteroatoms. The number of rotatable bonds is 4. The second-order valence-corrected chi connectivity index (χ2v) is 8.35. The van der Waals surface area contributed by atoms with Crippen molar-refractivity contribution in [3.8, 4) is 5.75 Å². The van der Waals surface area contributed by atoms with Crippen molar-refractivity contribution in [3.63, 3.8) is 0 Å². The molecule has 1 rings (SSSR count). The summed E-state index contributed by atoms with van der Waals surface area (Å²) in [5.41, 5.74) is 0. The molecule has 72 valence electrons. The average molecular weight is 196 g/mol. The van der Waals surface area contributed by atoms with Gasteiger partial charge in [0.25, 0.3) is 0 Å². The van der Waals surface area contributed by atoms with E-state index in [2.05, 4.69) is 19.6 Å². The lowest BCUT2D eigenvalue weighted by atomic mass is 10.3. The van der Waals surface area contributed by atoms with Crippen LogP contribution >= 0.6 is 0 Å². The summed E-state index contributed by atoms with van der Waals surface area (Å²) in [5, 5.41) is 0. The van der Waals surface area contributed by atoms with E-state index in [-0.39, 0.29) is 0 Å². The van der Waals surface area contributed by atoms with E-state index in [1.54, 1.807) is 0 Å². The van der Waals surface area contributed by atoms with Gasteiger partial charge in [-0.1, -0.05) is 18.2 Å². The van der Waals surface area contributed by atoms with Gasteiger partial charge in [0.15, 0.2) is 15.1 Å². The number of ether oxygens (including phenoxy) is 1. The summed E-state index contributed by atoms with van der Waals surface area (Å²) in [6, 6.07) is 9.71. The lowest BCUT2D eigenvalue weighted by Gasteiger charge is -2.17. The van der Waals surface area contributed by atoms with E-state index >= 15 is 0 Å². The molecule has 0 heterocycles. The monoisotopic (exact) mass is 196 g/mol. The molecule has 0 aliphatic carbocycles. The van der Waals surface area contributed by atoms with Crippen LogP contribution in [0.2, 0.25) is 19.6 Å². The fraction of sp³-hybridized carbons (Fsp3) is 0.400. The zero-order valence-corrected chi connectivity index (χ0v) is 9.41. The third-order valence-corrected chi connectivity index (χ3v) is 2.44. The molecule has 0 saturated heterocycles. The molecule has 0 atom stereocenters. The minimum Gasteiger partial charge on any atom is -0.469 e. The topological polar surface area (TPSA) is 18.5 Å². The lowest BCUT2D eigenvalue weighted by Crippen LogP contribution is -2.27. The predicted molar refractivity (Wildman–Crippen MR) is 56.4 cm³/mol. The van der Waals surface area contributed by atoms with Crippen LogP contribution in [0.4, 0.5) is 0 Å². The Kier molecular flexibility index (Phi) is 3.51. The van der Waals surface area contributed by atoms with Gasteiger partial charge in [0.05, 0.1) is 0 Å². The minimum absolute atomic E-state index is 0.361. The molecule has 2 nitrogen and oxygen atoms in total. The number of hydrogen-bond acceptors (Lipinski definition) is 2. The normalized spacial score (nSPS) is 11.3. The largest absolute Gasteiger partial charge is 0.469 e. The van der Waals surface area contributed by atoms with E-state index in [9.17, 15) is 0 Å². The van der Waals surface area contributed by atoms with Crippen molar-refractivity contribution in [1.82, 2.24) is 0 Å². The predicted octanol–water partition coefficient (Wildman–Crippen LogP) is 2.87. The van der Waals surface area contributed by atoms with Crippen molar-refractivity contribution < 1.29 is 9.16 Å². The highest BCUT2D eigenvalue weighted by Crippen LogP contribution is 2.09. The van der Waals surface area contributed by atoms with Gasteiger partial charge in [-0.15, -0.1) is 0 Å². The van der Waals surface area contributed by atoms with Crippen LogP contribution in [0, 0.1) is 0 Å². The van der Waals surface area contributed by atoms with Gasteiger partial charge in [0.2, 0.25) is 0 Å². The van der Waals surface area contributed by atoms with Crippen molar-refractivity contribution in [3.05, 3.63) is 30.3 Å². The van der Waals surface area contributed by atoms with Gasteiger partial charge in [-0.25, -0.2) is 0 Å². The Morgan fingerprint density at radius 3 is 2.23 bits per heavy atom. The van der Waals surface area contributed by atoms with Crippen LogP contribution in [0.5, 0.6) is 5.75 Å². The van der Waals surface area contributed by atoms with Gasteiger partial charge >= 0.3 is 0 Å². The first-order valence-electron chi connectivity index (χ1n) is 4.40. The first kappa shape index (κ1) is 10.3. The molecule has 1 aromatic rings. The molecule has 0 radical (unpaired) electrons. The summed E-state index contributed by atoms with van der Waals surface area (Å²) in [7, 11) is -1.44. The van der Waals surface area contributed by atoms with Gasteiger partial charge in [-0.3, -0.25) is 0 Å². The molecule has 0 aliphatic rings. The number of hydrogen-bond donors (Lipinski definition) is 0.